The standard InChI is InChI=1S/C19H19N5O3S/c1-12(2)20-15(25)11-23-19(27)24-14-8-9-28-16(14)17(26)22(18(24)21-23)10-13-6-4-3-5-7-13/h3-9,12H,10-11H2,1-2H3,(H,20,25). The summed E-state index contributed by atoms with van der Waals surface area (Å²) in [6.45, 7) is 3.77. The summed E-state index contributed by atoms with van der Waals surface area (Å²) in [6.07, 6.45) is 0. The molecule has 0 atom stereocenters. The van der Waals surface area contributed by atoms with Gasteiger partial charge >= 0.3 is 5.69 Å². The van der Waals surface area contributed by atoms with Gasteiger partial charge in [0.05, 0.1) is 12.1 Å². The molecule has 1 amide bonds. The minimum absolute atomic E-state index is 0.0416. The third kappa shape index (κ3) is 3.13. The van der Waals surface area contributed by atoms with Crippen LogP contribution in [0.25, 0.3) is 16.0 Å². The number of rotatable bonds is 5. The van der Waals surface area contributed by atoms with Crippen LogP contribution in [0.3, 0.4) is 0 Å². The van der Waals surface area contributed by atoms with Crippen LogP contribution in [-0.4, -0.2) is 30.7 Å². The average molecular weight is 397 g/mol. The van der Waals surface area contributed by atoms with Gasteiger partial charge in [0.25, 0.3) is 5.56 Å². The topological polar surface area (TPSA) is 90.4 Å². The van der Waals surface area contributed by atoms with Crippen molar-refractivity contribution in [2.45, 2.75) is 33.0 Å². The van der Waals surface area contributed by atoms with Crippen LogP contribution in [0, 0.1) is 0 Å². The monoisotopic (exact) mass is 397 g/mol. The maximum atomic E-state index is 13.0. The summed E-state index contributed by atoms with van der Waals surface area (Å²) in [5.41, 5.74) is 0.779. The Kier molecular flexibility index (Phi) is 4.60. The number of carbonyl (C=O) groups excluding carboxylic acids is 1. The Morgan fingerprint density at radius 3 is 2.64 bits per heavy atom. The highest BCUT2D eigenvalue weighted by atomic mass is 32.1. The fourth-order valence-corrected chi connectivity index (χ4v) is 3.97. The van der Waals surface area contributed by atoms with Gasteiger partial charge in [-0.2, -0.15) is 0 Å². The molecule has 0 radical (unpaired) electrons. The molecule has 28 heavy (non-hydrogen) atoms. The lowest BCUT2D eigenvalue weighted by Gasteiger charge is -2.08. The Balaban J connectivity index is 1.91. The summed E-state index contributed by atoms with van der Waals surface area (Å²) in [6, 6.07) is 11.2. The van der Waals surface area contributed by atoms with E-state index in [1.165, 1.54) is 20.3 Å². The summed E-state index contributed by atoms with van der Waals surface area (Å²) in [7, 11) is 0. The van der Waals surface area contributed by atoms with E-state index >= 15 is 0 Å². The van der Waals surface area contributed by atoms with Crippen LogP contribution in [0.5, 0.6) is 0 Å². The third-order valence-electron chi connectivity index (χ3n) is 4.31. The number of hydrogen-bond acceptors (Lipinski definition) is 5. The number of carbonyl (C=O) groups is 1. The van der Waals surface area contributed by atoms with E-state index < -0.39 is 5.69 Å². The molecule has 1 N–H and O–H groups in total. The van der Waals surface area contributed by atoms with Gasteiger partial charge in [-0.15, -0.1) is 16.4 Å². The molecule has 8 nitrogen and oxygen atoms in total. The maximum Gasteiger partial charge on any atom is 0.352 e. The Morgan fingerprint density at radius 2 is 1.93 bits per heavy atom. The number of fused-ring (bicyclic) bond motifs is 3. The van der Waals surface area contributed by atoms with Crippen molar-refractivity contribution in [3.8, 4) is 0 Å². The van der Waals surface area contributed by atoms with E-state index in [1.54, 1.807) is 11.4 Å². The van der Waals surface area contributed by atoms with E-state index in [4.69, 9.17) is 0 Å². The van der Waals surface area contributed by atoms with E-state index in [1.807, 2.05) is 44.2 Å². The van der Waals surface area contributed by atoms with Crippen LogP contribution in [0.15, 0.2) is 51.4 Å². The summed E-state index contributed by atoms with van der Waals surface area (Å²) in [5.74, 6) is -0.0823. The predicted octanol–water partition coefficient (Wildman–Crippen LogP) is 1.45. The highest BCUT2D eigenvalue weighted by Crippen LogP contribution is 2.17. The molecule has 4 rings (SSSR count). The van der Waals surface area contributed by atoms with Crippen molar-refractivity contribution in [1.29, 1.82) is 0 Å². The number of thiophene rings is 1. The number of hydrogen-bond donors (Lipinski definition) is 1. The second kappa shape index (κ2) is 7.08. The largest absolute Gasteiger partial charge is 0.352 e. The molecule has 0 fully saturated rings. The maximum absolute atomic E-state index is 13.0. The van der Waals surface area contributed by atoms with E-state index in [9.17, 15) is 14.4 Å². The lowest BCUT2D eigenvalue weighted by molar-refractivity contribution is -0.122. The van der Waals surface area contributed by atoms with Gasteiger partial charge in [0.15, 0.2) is 0 Å². The van der Waals surface area contributed by atoms with Gasteiger partial charge in [-0.25, -0.2) is 13.9 Å². The molecular formula is C19H19N5O3S. The van der Waals surface area contributed by atoms with Crippen LogP contribution >= 0.6 is 11.3 Å². The molecule has 0 saturated heterocycles. The highest BCUT2D eigenvalue weighted by Gasteiger charge is 2.19. The second-order valence-corrected chi connectivity index (χ2v) is 7.73. The second-order valence-electron chi connectivity index (χ2n) is 6.81. The van der Waals surface area contributed by atoms with E-state index in [2.05, 4.69) is 10.4 Å². The molecule has 3 heterocycles. The van der Waals surface area contributed by atoms with Gasteiger partial charge in [-0.3, -0.25) is 14.2 Å². The third-order valence-corrected chi connectivity index (χ3v) is 5.21. The van der Waals surface area contributed by atoms with Crippen LogP contribution in [0.4, 0.5) is 0 Å². The normalized spacial score (nSPS) is 11.5. The van der Waals surface area contributed by atoms with E-state index in [0.717, 1.165) is 10.2 Å². The molecule has 4 aromatic rings. The SMILES string of the molecule is CC(C)NC(=O)Cn1nc2n(Cc3ccccc3)c(=O)c3sccc3n2c1=O. The Labute approximate surface area is 163 Å². The first-order valence-corrected chi connectivity index (χ1v) is 9.76. The number of benzene rings is 1. The van der Waals surface area contributed by atoms with Crippen molar-refractivity contribution in [3.63, 3.8) is 0 Å². The van der Waals surface area contributed by atoms with Gasteiger partial charge in [0.2, 0.25) is 11.7 Å². The molecule has 0 saturated carbocycles. The van der Waals surface area contributed by atoms with E-state index in [-0.39, 0.29) is 36.4 Å². The molecule has 0 aliphatic carbocycles. The smallest absolute Gasteiger partial charge is 0.352 e. The quantitative estimate of drug-likeness (QED) is 0.552. The van der Waals surface area contributed by atoms with Gasteiger partial charge in [0, 0.05) is 6.04 Å². The number of amides is 1. The first kappa shape index (κ1) is 18.2. The van der Waals surface area contributed by atoms with Crippen LogP contribution in [-0.2, 0) is 17.9 Å². The molecule has 0 spiro atoms. The molecule has 0 aliphatic heterocycles. The summed E-state index contributed by atoms with van der Waals surface area (Å²) >= 11 is 1.28. The van der Waals surface area contributed by atoms with Crippen LogP contribution in [0.2, 0.25) is 0 Å². The zero-order chi connectivity index (χ0) is 19.8. The molecule has 0 aliphatic rings. The Bertz CT molecular complexity index is 1280. The summed E-state index contributed by atoms with van der Waals surface area (Å²) < 4.78 is 4.47. The molecule has 0 bridgehead atoms. The zero-order valence-corrected chi connectivity index (χ0v) is 16.3. The highest BCUT2D eigenvalue weighted by molar-refractivity contribution is 7.17. The average Bonchev–Trinajstić information content (AvgIpc) is 3.24. The molecule has 0 unspecified atom stereocenters. The number of nitrogens with one attached hydrogen (secondary N) is 1. The van der Waals surface area contributed by atoms with Crippen molar-refractivity contribution >= 4 is 33.2 Å². The summed E-state index contributed by atoms with van der Waals surface area (Å²) in [5, 5.41) is 8.84. The summed E-state index contributed by atoms with van der Waals surface area (Å²) in [4.78, 5) is 38.1. The van der Waals surface area contributed by atoms with Gasteiger partial charge < -0.3 is 5.32 Å². The van der Waals surface area contributed by atoms with Crippen molar-refractivity contribution in [2.75, 3.05) is 0 Å². The fourth-order valence-electron chi connectivity index (χ4n) is 3.15. The van der Waals surface area contributed by atoms with E-state index in [0.29, 0.717) is 10.2 Å². The van der Waals surface area contributed by atoms with Crippen LogP contribution < -0.4 is 16.6 Å². The Morgan fingerprint density at radius 1 is 1.18 bits per heavy atom. The van der Waals surface area contributed by atoms with Crippen LogP contribution in [0.1, 0.15) is 19.4 Å². The minimum atomic E-state index is -0.445. The molecule has 3 aromatic heterocycles. The molecule has 144 valence electrons. The van der Waals surface area contributed by atoms with Crippen molar-refractivity contribution in [3.05, 3.63) is 68.2 Å². The fraction of sp³-hybridized carbons (Fsp3) is 0.263. The first-order chi connectivity index (χ1) is 13.5. The zero-order valence-electron chi connectivity index (χ0n) is 15.5. The molecule has 1 aromatic carbocycles. The Hall–Kier alpha value is -3.20. The predicted molar refractivity (Wildman–Crippen MR) is 108 cm³/mol. The van der Waals surface area contributed by atoms with Gasteiger partial charge in [0.1, 0.15) is 11.2 Å². The van der Waals surface area contributed by atoms with Crippen molar-refractivity contribution < 1.29 is 4.79 Å². The molecular weight excluding hydrogens is 378 g/mol. The lowest BCUT2D eigenvalue weighted by atomic mass is 10.2. The molecule has 9 heteroatoms. The first-order valence-electron chi connectivity index (χ1n) is 8.88. The minimum Gasteiger partial charge on any atom is -0.352 e. The lowest BCUT2D eigenvalue weighted by Crippen LogP contribution is -2.36. The number of nitrogens with zero attached hydrogens (tertiary/aromatic N) is 4. The van der Waals surface area contributed by atoms with Gasteiger partial charge in [-0.1, -0.05) is 30.3 Å². The number of aromatic nitrogens is 4. The van der Waals surface area contributed by atoms with Gasteiger partial charge in [-0.05, 0) is 30.9 Å². The van der Waals surface area contributed by atoms with Crippen molar-refractivity contribution in [2.24, 2.45) is 0 Å². The van der Waals surface area contributed by atoms with Crippen molar-refractivity contribution in [1.82, 2.24) is 24.1 Å².